The molecule has 0 aliphatic carbocycles. The Bertz CT molecular complexity index is 540. The number of benzene rings is 2. The van der Waals surface area contributed by atoms with Gasteiger partial charge in [0.25, 0.3) is 0 Å². The zero-order valence-corrected chi connectivity index (χ0v) is 10.3. The number of halogens is 1. The van der Waals surface area contributed by atoms with Crippen molar-refractivity contribution in [1.82, 2.24) is 0 Å². The maximum atomic E-state index is 13.6. The fourth-order valence-electron chi connectivity index (χ4n) is 1.74. The van der Waals surface area contributed by atoms with Crippen LogP contribution >= 0.6 is 0 Å². The minimum absolute atomic E-state index is 0.213. The highest BCUT2D eigenvalue weighted by atomic mass is 19.1. The van der Waals surface area contributed by atoms with Gasteiger partial charge in [-0.2, -0.15) is 0 Å². The highest BCUT2D eigenvalue weighted by Gasteiger charge is 2.05. The van der Waals surface area contributed by atoms with E-state index in [4.69, 9.17) is 10.5 Å². The van der Waals surface area contributed by atoms with Crippen LogP contribution in [-0.4, -0.2) is 0 Å². The van der Waals surface area contributed by atoms with Crippen molar-refractivity contribution in [3.05, 3.63) is 65.0 Å². The zero-order chi connectivity index (χ0) is 13.0. The van der Waals surface area contributed by atoms with Gasteiger partial charge in [0.2, 0.25) is 0 Å². The van der Waals surface area contributed by atoms with Crippen molar-refractivity contribution >= 4 is 0 Å². The Kier molecular flexibility index (Phi) is 3.95. The lowest BCUT2D eigenvalue weighted by atomic mass is 10.1. The van der Waals surface area contributed by atoms with Crippen molar-refractivity contribution < 1.29 is 9.13 Å². The predicted octanol–water partition coefficient (Wildman–Crippen LogP) is 3.17. The lowest BCUT2D eigenvalue weighted by molar-refractivity contribution is 0.297. The molecule has 0 bridgehead atoms. The SMILES string of the molecule is Cc1ccccc1OCc1cc(CN)ccc1F. The first-order valence-electron chi connectivity index (χ1n) is 5.86. The van der Waals surface area contributed by atoms with Crippen molar-refractivity contribution in [2.24, 2.45) is 5.73 Å². The molecule has 3 heteroatoms. The standard InChI is InChI=1S/C15H16FNO/c1-11-4-2-3-5-15(11)18-10-13-8-12(9-17)6-7-14(13)16/h2-8H,9-10,17H2,1H3. The summed E-state index contributed by atoms with van der Waals surface area (Å²) in [5.74, 6) is 0.510. The third kappa shape index (κ3) is 2.87. The van der Waals surface area contributed by atoms with E-state index in [9.17, 15) is 4.39 Å². The summed E-state index contributed by atoms with van der Waals surface area (Å²) in [6.45, 7) is 2.57. The monoisotopic (exact) mass is 245 g/mol. The third-order valence-electron chi connectivity index (χ3n) is 2.82. The average Bonchev–Trinajstić information content (AvgIpc) is 2.39. The summed E-state index contributed by atoms with van der Waals surface area (Å²) in [6, 6.07) is 12.5. The van der Waals surface area contributed by atoms with E-state index >= 15 is 0 Å². The average molecular weight is 245 g/mol. The van der Waals surface area contributed by atoms with Crippen LogP contribution in [0.2, 0.25) is 0 Å². The van der Waals surface area contributed by atoms with Crippen molar-refractivity contribution in [3.8, 4) is 5.75 Å². The normalized spacial score (nSPS) is 10.4. The zero-order valence-electron chi connectivity index (χ0n) is 10.3. The summed E-state index contributed by atoms with van der Waals surface area (Å²) in [6.07, 6.45) is 0. The molecule has 0 aliphatic heterocycles. The molecule has 2 nitrogen and oxygen atoms in total. The fourth-order valence-corrected chi connectivity index (χ4v) is 1.74. The molecule has 0 aliphatic rings. The number of para-hydroxylation sites is 1. The van der Waals surface area contributed by atoms with E-state index in [2.05, 4.69) is 0 Å². The van der Waals surface area contributed by atoms with Crippen molar-refractivity contribution in [3.63, 3.8) is 0 Å². The molecule has 0 radical (unpaired) electrons. The number of rotatable bonds is 4. The third-order valence-corrected chi connectivity index (χ3v) is 2.82. The molecule has 2 aromatic rings. The van der Waals surface area contributed by atoms with E-state index in [1.807, 2.05) is 31.2 Å². The quantitative estimate of drug-likeness (QED) is 0.898. The molecular formula is C15H16FNO. The van der Waals surface area contributed by atoms with Crippen LogP contribution in [0.3, 0.4) is 0 Å². The smallest absolute Gasteiger partial charge is 0.129 e. The predicted molar refractivity (Wildman–Crippen MR) is 69.8 cm³/mol. The molecule has 0 saturated carbocycles. The summed E-state index contributed by atoms with van der Waals surface area (Å²) in [5.41, 5.74) is 8.00. The van der Waals surface area contributed by atoms with Crippen molar-refractivity contribution in [2.75, 3.05) is 0 Å². The Morgan fingerprint density at radius 1 is 1.17 bits per heavy atom. The molecule has 0 heterocycles. The Labute approximate surface area is 106 Å². The first-order valence-corrected chi connectivity index (χ1v) is 5.86. The minimum atomic E-state index is -0.263. The Morgan fingerprint density at radius 2 is 1.94 bits per heavy atom. The van der Waals surface area contributed by atoms with Gasteiger partial charge in [-0.1, -0.05) is 24.3 Å². The molecule has 0 atom stereocenters. The number of nitrogens with two attached hydrogens (primary N) is 1. The summed E-state index contributed by atoms with van der Waals surface area (Å²) >= 11 is 0. The van der Waals surface area contributed by atoms with Crippen LogP contribution in [0.15, 0.2) is 42.5 Å². The lowest BCUT2D eigenvalue weighted by Crippen LogP contribution is -2.03. The molecular weight excluding hydrogens is 229 g/mol. The summed E-state index contributed by atoms with van der Waals surface area (Å²) in [7, 11) is 0. The lowest BCUT2D eigenvalue weighted by Gasteiger charge is -2.10. The molecule has 2 rings (SSSR count). The molecule has 94 valence electrons. The van der Waals surface area contributed by atoms with Crippen LogP contribution < -0.4 is 10.5 Å². The van der Waals surface area contributed by atoms with Gasteiger partial charge in [-0.05, 0) is 36.2 Å². The van der Waals surface area contributed by atoms with Crippen LogP contribution in [0.1, 0.15) is 16.7 Å². The summed E-state index contributed by atoms with van der Waals surface area (Å²) in [5, 5.41) is 0. The Morgan fingerprint density at radius 3 is 2.67 bits per heavy atom. The van der Waals surface area contributed by atoms with E-state index in [1.165, 1.54) is 6.07 Å². The molecule has 0 fully saturated rings. The summed E-state index contributed by atoms with van der Waals surface area (Å²) < 4.78 is 19.2. The van der Waals surface area contributed by atoms with Crippen molar-refractivity contribution in [1.29, 1.82) is 0 Å². The molecule has 2 aromatic carbocycles. The molecule has 18 heavy (non-hydrogen) atoms. The van der Waals surface area contributed by atoms with Gasteiger partial charge in [-0.15, -0.1) is 0 Å². The number of hydrogen-bond donors (Lipinski definition) is 1. The highest BCUT2D eigenvalue weighted by molar-refractivity contribution is 5.32. The van der Waals surface area contributed by atoms with Gasteiger partial charge in [-0.3, -0.25) is 0 Å². The van der Waals surface area contributed by atoms with Gasteiger partial charge >= 0.3 is 0 Å². The largest absolute Gasteiger partial charge is 0.489 e. The van der Waals surface area contributed by atoms with E-state index in [0.29, 0.717) is 12.1 Å². The summed E-state index contributed by atoms with van der Waals surface area (Å²) in [4.78, 5) is 0. The Balaban J connectivity index is 2.13. The van der Waals surface area contributed by atoms with Crippen LogP contribution in [0.5, 0.6) is 5.75 Å². The first-order chi connectivity index (χ1) is 8.70. The van der Waals surface area contributed by atoms with Gasteiger partial charge in [0, 0.05) is 12.1 Å². The topological polar surface area (TPSA) is 35.2 Å². The van der Waals surface area contributed by atoms with Gasteiger partial charge in [0.1, 0.15) is 18.2 Å². The Hall–Kier alpha value is -1.87. The van der Waals surface area contributed by atoms with E-state index in [1.54, 1.807) is 12.1 Å². The maximum Gasteiger partial charge on any atom is 0.129 e. The molecule has 0 aromatic heterocycles. The van der Waals surface area contributed by atoms with Crippen LogP contribution in [0.25, 0.3) is 0 Å². The second kappa shape index (κ2) is 5.65. The highest BCUT2D eigenvalue weighted by Crippen LogP contribution is 2.19. The van der Waals surface area contributed by atoms with Crippen molar-refractivity contribution in [2.45, 2.75) is 20.1 Å². The number of aryl methyl sites for hydroxylation is 1. The van der Waals surface area contributed by atoms with Crippen LogP contribution in [0, 0.1) is 12.7 Å². The molecule has 0 unspecified atom stereocenters. The van der Waals surface area contributed by atoms with Crippen LogP contribution in [-0.2, 0) is 13.2 Å². The number of hydrogen-bond acceptors (Lipinski definition) is 2. The molecule has 0 saturated heterocycles. The first kappa shape index (κ1) is 12.6. The van der Waals surface area contributed by atoms with E-state index < -0.39 is 0 Å². The van der Waals surface area contributed by atoms with E-state index in [-0.39, 0.29) is 12.4 Å². The number of ether oxygens (including phenoxy) is 1. The van der Waals surface area contributed by atoms with Crippen LogP contribution in [0.4, 0.5) is 4.39 Å². The molecule has 0 spiro atoms. The second-order valence-corrected chi connectivity index (χ2v) is 4.18. The van der Waals surface area contributed by atoms with Gasteiger partial charge < -0.3 is 10.5 Å². The molecule has 2 N–H and O–H groups in total. The van der Waals surface area contributed by atoms with Gasteiger partial charge in [0.05, 0.1) is 0 Å². The van der Waals surface area contributed by atoms with Gasteiger partial charge in [0.15, 0.2) is 0 Å². The van der Waals surface area contributed by atoms with E-state index in [0.717, 1.165) is 16.9 Å². The molecule has 0 amide bonds. The minimum Gasteiger partial charge on any atom is -0.489 e. The van der Waals surface area contributed by atoms with Gasteiger partial charge in [-0.25, -0.2) is 4.39 Å². The fraction of sp³-hybridized carbons (Fsp3) is 0.200. The maximum absolute atomic E-state index is 13.6. The second-order valence-electron chi connectivity index (χ2n) is 4.18.